The van der Waals surface area contributed by atoms with Gasteiger partial charge in [-0.3, -0.25) is 0 Å². The van der Waals surface area contributed by atoms with E-state index in [0.717, 1.165) is 24.8 Å². The zero-order valence-electron chi connectivity index (χ0n) is 22.8. The van der Waals surface area contributed by atoms with Crippen LogP contribution in [0.4, 0.5) is 0 Å². The predicted octanol–water partition coefficient (Wildman–Crippen LogP) is 3.66. The average molecular weight is 568 g/mol. The molecular weight excluding hydrogens is 525 g/mol. The van der Waals surface area contributed by atoms with Crippen LogP contribution in [0.1, 0.15) is 63.3 Å². The Morgan fingerprint density at radius 1 is 1.05 bits per heavy atom. The third kappa shape index (κ3) is 8.28. The van der Waals surface area contributed by atoms with Gasteiger partial charge in [-0.15, -0.1) is 0 Å². The van der Waals surface area contributed by atoms with Gasteiger partial charge in [0.25, 0.3) is 0 Å². The number of carbonyl (C=O) groups excluding carboxylic acids is 3. The summed E-state index contributed by atoms with van der Waals surface area (Å²) >= 11 is -1.25. The van der Waals surface area contributed by atoms with Crippen molar-refractivity contribution in [3.8, 4) is 0 Å². The first-order valence-corrected chi connectivity index (χ1v) is 15.5. The maximum atomic E-state index is 14.0. The molecule has 4 unspecified atom stereocenters. The molecule has 2 N–H and O–H groups in total. The van der Waals surface area contributed by atoms with E-state index in [9.17, 15) is 14.4 Å². The van der Waals surface area contributed by atoms with Crippen molar-refractivity contribution in [3.05, 3.63) is 71.3 Å². The molecule has 2 amide bonds. The van der Waals surface area contributed by atoms with E-state index in [4.69, 9.17) is 0 Å². The molecule has 200 valence electrons. The van der Waals surface area contributed by atoms with E-state index in [1.54, 1.807) is 11.9 Å². The first kappa shape index (κ1) is 29.1. The van der Waals surface area contributed by atoms with Crippen molar-refractivity contribution < 1.29 is 14.4 Å². The fourth-order valence-electron chi connectivity index (χ4n) is 4.72. The molecule has 37 heavy (non-hydrogen) atoms. The Hall–Kier alpha value is -2.43. The molecule has 0 saturated carbocycles. The minimum atomic E-state index is -1.25. The molecular formula is C30H42AsN3O3. The first-order valence-electron chi connectivity index (χ1n) is 13.3. The quantitative estimate of drug-likeness (QED) is 0.407. The van der Waals surface area contributed by atoms with Crippen molar-refractivity contribution in [3.63, 3.8) is 0 Å². The van der Waals surface area contributed by atoms with Crippen LogP contribution < -0.4 is 10.6 Å². The van der Waals surface area contributed by atoms with Gasteiger partial charge in [0.05, 0.1) is 0 Å². The summed E-state index contributed by atoms with van der Waals surface area (Å²) in [7, 11) is 1.77. The van der Waals surface area contributed by atoms with Gasteiger partial charge in [0.1, 0.15) is 0 Å². The van der Waals surface area contributed by atoms with Gasteiger partial charge in [0, 0.05) is 0 Å². The summed E-state index contributed by atoms with van der Waals surface area (Å²) in [5, 5.41) is 6.22. The molecule has 0 aliphatic heterocycles. The third-order valence-electron chi connectivity index (χ3n) is 7.09. The van der Waals surface area contributed by atoms with E-state index in [0.29, 0.717) is 13.0 Å². The van der Waals surface area contributed by atoms with Gasteiger partial charge < -0.3 is 0 Å². The zero-order valence-corrected chi connectivity index (χ0v) is 24.9. The van der Waals surface area contributed by atoms with Gasteiger partial charge in [-0.1, -0.05) is 0 Å². The van der Waals surface area contributed by atoms with E-state index in [1.165, 1.54) is 11.1 Å². The third-order valence-corrected chi connectivity index (χ3v) is 11.5. The number of nitrogens with zero attached hydrogens (tertiary/aromatic N) is 1. The van der Waals surface area contributed by atoms with Crippen LogP contribution in [0, 0.1) is 5.41 Å². The van der Waals surface area contributed by atoms with Crippen molar-refractivity contribution in [2.24, 2.45) is 5.41 Å². The summed E-state index contributed by atoms with van der Waals surface area (Å²) in [5.74, 6) is -0.232. The molecule has 0 heterocycles. The molecule has 0 radical (unpaired) electrons. The molecule has 0 bridgehead atoms. The average Bonchev–Trinajstić information content (AvgIpc) is 2.88. The van der Waals surface area contributed by atoms with Crippen molar-refractivity contribution in [1.29, 1.82) is 0 Å². The fourth-order valence-corrected chi connectivity index (χ4v) is 7.70. The predicted molar refractivity (Wildman–Crippen MR) is 151 cm³/mol. The summed E-state index contributed by atoms with van der Waals surface area (Å²) in [6.07, 6.45) is 3.61. The van der Waals surface area contributed by atoms with Crippen LogP contribution in [0.2, 0.25) is 4.71 Å². The number of aryl methyl sites for hydroxylation is 1. The van der Waals surface area contributed by atoms with Gasteiger partial charge in [-0.05, 0) is 0 Å². The molecule has 1 aliphatic carbocycles. The van der Waals surface area contributed by atoms with Crippen LogP contribution in [0.15, 0.2) is 54.6 Å². The number of nitrogens with one attached hydrogen (secondary N) is 2. The number of benzene rings is 2. The Labute approximate surface area is 228 Å². The minimum absolute atomic E-state index is 0.00115. The standard InChI is InChI=1S/C30H42AsN3O3/c1-21(32-5)28(36)31-27(30(2,3)4)29(37)34(19-18-22-12-7-6-8-13-22)20-26(35)33-25-17-11-15-23-14-9-10-16-24(23)25/h6-10,12-14,16,21,25,27,31-32H,11,15,17-20H2,1-5H3,(H,33,35). The molecule has 6 nitrogen and oxygen atoms in total. The molecule has 3 rings (SSSR count). The number of hydrogen-bond donors (Lipinski definition) is 2. The number of carbonyl (C=O) groups is 3. The molecule has 2 aromatic carbocycles. The summed E-state index contributed by atoms with van der Waals surface area (Å²) in [6.45, 7) is 8.34. The second-order valence-electron chi connectivity index (χ2n) is 11.0. The number of hydrogen-bond acceptors (Lipinski definition) is 4. The van der Waals surface area contributed by atoms with Gasteiger partial charge in [0.2, 0.25) is 0 Å². The second-order valence-corrected chi connectivity index (χ2v) is 13.9. The van der Waals surface area contributed by atoms with E-state index in [-0.39, 0.29) is 40.4 Å². The Morgan fingerprint density at radius 3 is 2.41 bits per heavy atom. The van der Waals surface area contributed by atoms with Crippen LogP contribution in [0.5, 0.6) is 0 Å². The molecule has 1 aliphatic rings. The Bertz CT molecular complexity index is 1070. The summed E-state index contributed by atoms with van der Waals surface area (Å²) in [4.78, 5) is 41.9. The summed E-state index contributed by atoms with van der Waals surface area (Å²) in [6, 6.07) is 18.0. The molecule has 0 fully saturated rings. The fraction of sp³-hybridized carbons (Fsp3) is 0.500. The SMILES string of the molecule is CNC(C)C(=O)[AsH]C(C(=O)N(CCc1ccccc1)CC(=O)NC1CCCc2ccccc21)C(C)(C)C. The number of amides is 2. The monoisotopic (exact) mass is 567 g/mol. The number of fused-ring (bicyclic) bond motifs is 1. The maximum absolute atomic E-state index is 14.0. The van der Waals surface area contributed by atoms with Crippen LogP contribution in [0.3, 0.4) is 0 Å². The molecule has 0 aromatic heterocycles. The second kappa shape index (κ2) is 13.4. The summed E-state index contributed by atoms with van der Waals surface area (Å²) in [5.41, 5.74) is 3.20. The number of rotatable bonds is 11. The topological polar surface area (TPSA) is 78.5 Å². The molecule has 0 spiro atoms. The van der Waals surface area contributed by atoms with Crippen LogP contribution >= 0.6 is 0 Å². The summed E-state index contributed by atoms with van der Waals surface area (Å²) < 4.78 is -0.267. The van der Waals surface area contributed by atoms with Gasteiger partial charge in [-0.2, -0.15) is 0 Å². The Morgan fingerprint density at radius 2 is 1.73 bits per heavy atom. The molecule has 7 heteroatoms. The normalized spacial score (nSPS) is 17.2. The van der Waals surface area contributed by atoms with E-state index < -0.39 is 20.5 Å². The van der Waals surface area contributed by atoms with E-state index in [1.807, 2.05) is 70.2 Å². The number of likely N-dealkylation sites (N-methyl/N-ethyl adjacent to an activating group) is 1. The van der Waals surface area contributed by atoms with Crippen molar-refractivity contribution in [1.82, 2.24) is 15.5 Å². The van der Waals surface area contributed by atoms with Gasteiger partial charge >= 0.3 is 229 Å². The van der Waals surface area contributed by atoms with Crippen molar-refractivity contribution in [2.45, 2.75) is 70.2 Å². The van der Waals surface area contributed by atoms with Crippen LogP contribution in [-0.2, 0) is 27.2 Å². The van der Waals surface area contributed by atoms with Crippen LogP contribution in [-0.4, -0.2) is 63.2 Å². The Balaban J connectivity index is 1.79. The van der Waals surface area contributed by atoms with Gasteiger partial charge in [-0.25, -0.2) is 0 Å². The van der Waals surface area contributed by atoms with Crippen molar-refractivity contribution in [2.75, 3.05) is 20.1 Å². The van der Waals surface area contributed by atoms with Gasteiger partial charge in [0.15, 0.2) is 0 Å². The van der Waals surface area contributed by atoms with Crippen LogP contribution in [0.25, 0.3) is 0 Å². The first-order chi connectivity index (χ1) is 17.6. The molecule has 2 aromatic rings. The van der Waals surface area contributed by atoms with E-state index >= 15 is 0 Å². The van der Waals surface area contributed by atoms with Crippen molar-refractivity contribution >= 4 is 32.1 Å². The zero-order chi connectivity index (χ0) is 27.0. The molecule has 0 saturated heterocycles. The molecule has 4 atom stereocenters. The Kier molecular flexibility index (Phi) is 10.5. The van der Waals surface area contributed by atoms with E-state index in [2.05, 4.69) is 22.8 Å².